The van der Waals surface area contributed by atoms with Gasteiger partial charge in [-0.05, 0) is 51.5 Å². The van der Waals surface area contributed by atoms with Crippen molar-refractivity contribution in [1.82, 2.24) is 10.3 Å². The summed E-state index contributed by atoms with van der Waals surface area (Å²) in [4.78, 5) is 31.4. The summed E-state index contributed by atoms with van der Waals surface area (Å²) in [7, 11) is 3.19. The molecule has 1 aromatic heterocycles. The Hall–Kier alpha value is -4.11. The van der Waals surface area contributed by atoms with E-state index in [1.54, 1.807) is 28.1 Å². The minimum atomic E-state index is -0.700. The van der Waals surface area contributed by atoms with Crippen LogP contribution in [-0.2, 0) is 19.1 Å². The molecular weight excluding hydrogens is 516 g/mol. The van der Waals surface area contributed by atoms with Gasteiger partial charge in [0, 0.05) is 27.9 Å². The predicted octanol–water partition coefficient (Wildman–Crippen LogP) is 5.86. The van der Waals surface area contributed by atoms with Crippen molar-refractivity contribution in [2.24, 2.45) is 0 Å². The number of hydrogen-bond acceptors (Lipinski definition) is 9. The molecule has 0 saturated carbocycles. The van der Waals surface area contributed by atoms with Crippen molar-refractivity contribution in [3.05, 3.63) is 75.9 Å². The smallest absolute Gasteiger partial charge is 0.336 e. The van der Waals surface area contributed by atoms with Gasteiger partial charge in [-0.2, -0.15) is 0 Å². The van der Waals surface area contributed by atoms with E-state index in [0.717, 1.165) is 27.4 Å². The molecule has 0 saturated heterocycles. The summed E-state index contributed by atoms with van der Waals surface area (Å²) in [5, 5.41) is 5.90. The van der Waals surface area contributed by atoms with Gasteiger partial charge in [-0.25, -0.2) is 14.6 Å². The largest absolute Gasteiger partial charge is 0.493 e. The van der Waals surface area contributed by atoms with Crippen molar-refractivity contribution in [2.45, 2.75) is 33.6 Å². The van der Waals surface area contributed by atoms with E-state index >= 15 is 0 Å². The molecule has 2 aromatic carbocycles. The summed E-state index contributed by atoms with van der Waals surface area (Å²) < 4.78 is 21.7. The lowest BCUT2D eigenvalue weighted by atomic mass is 9.78. The Morgan fingerprint density at radius 3 is 2.10 bits per heavy atom. The Morgan fingerprint density at radius 1 is 0.897 bits per heavy atom. The zero-order chi connectivity index (χ0) is 28.1. The van der Waals surface area contributed by atoms with Crippen LogP contribution in [0.3, 0.4) is 0 Å². The number of hydrogen-bond donors (Lipinski definition) is 1. The lowest BCUT2D eigenvalue weighted by Gasteiger charge is -2.31. The van der Waals surface area contributed by atoms with Crippen LogP contribution in [0.5, 0.6) is 11.5 Å². The number of nitrogens with one attached hydrogen (secondary N) is 1. The number of thiazole rings is 1. The van der Waals surface area contributed by atoms with Crippen molar-refractivity contribution in [2.75, 3.05) is 27.4 Å². The lowest BCUT2D eigenvalue weighted by molar-refractivity contribution is -0.139. The molecule has 0 fully saturated rings. The molecule has 0 radical (unpaired) electrons. The molecule has 0 spiro atoms. The number of allylic oxidation sites excluding steroid dienone is 2. The molecule has 4 rings (SSSR count). The third-order valence-corrected chi connectivity index (χ3v) is 7.31. The van der Waals surface area contributed by atoms with E-state index in [4.69, 9.17) is 23.9 Å². The van der Waals surface area contributed by atoms with Gasteiger partial charge in [0.15, 0.2) is 11.5 Å². The lowest BCUT2D eigenvalue weighted by Crippen LogP contribution is -2.32. The topological polar surface area (TPSA) is 96.0 Å². The van der Waals surface area contributed by atoms with Crippen LogP contribution in [0.15, 0.2) is 70.4 Å². The van der Waals surface area contributed by atoms with Crippen LogP contribution in [0.4, 0.5) is 0 Å². The van der Waals surface area contributed by atoms with Crippen LogP contribution >= 0.6 is 11.3 Å². The molecule has 3 aromatic rings. The van der Waals surface area contributed by atoms with E-state index in [1.807, 2.05) is 61.7 Å². The van der Waals surface area contributed by atoms with Crippen molar-refractivity contribution in [3.63, 3.8) is 0 Å². The number of methoxy groups -OCH3 is 2. The summed E-state index contributed by atoms with van der Waals surface area (Å²) in [6, 6.07) is 13.3. The number of carbonyl (C=O) groups excluding carboxylic acids is 2. The highest BCUT2D eigenvalue weighted by Gasteiger charge is 2.39. The van der Waals surface area contributed by atoms with Gasteiger partial charge in [-0.15, -0.1) is 11.3 Å². The summed E-state index contributed by atoms with van der Waals surface area (Å²) in [6.45, 7) is 7.56. The first-order valence-corrected chi connectivity index (χ1v) is 13.5. The number of carbonyl (C=O) groups is 2. The molecule has 39 heavy (non-hydrogen) atoms. The quantitative estimate of drug-likeness (QED) is 0.333. The second kappa shape index (κ2) is 12.2. The van der Waals surface area contributed by atoms with Gasteiger partial charge < -0.3 is 24.3 Å². The standard InChI is InChI=1S/C30H32N2O6S/c1-7-37-29(33)25-17(3)31-18(4)26(30(34)38-8-2)27(25)20-11-9-10-12-21(20)28-32-22(16-39-28)19-13-14-23(35-5)24(15-19)36-6/h9-16,27,31H,7-8H2,1-6H3. The van der Waals surface area contributed by atoms with Gasteiger partial charge in [0.25, 0.3) is 0 Å². The summed E-state index contributed by atoms with van der Waals surface area (Å²) >= 11 is 1.48. The summed E-state index contributed by atoms with van der Waals surface area (Å²) in [5.74, 6) is -0.424. The molecular formula is C30H32N2O6S. The number of benzene rings is 2. The molecule has 1 N–H and O–H groups in total. The summed E-state index contributed by atoms with van der Waals surface area (Å²) in [5.41, 5.74) is 5.21. The Labute approximate surface area is 232 Å². The zero-order valence-corrected chi connectivity index (χ0v) is 23.7. The van der Waals surface area contributed by atoms with Gasteiger partial charge in [0.2, 0.25) is 0 Å². The van der Waals surface area contributed by atoms with Gasteiger partial charge in [-0.1, -0.05) is 24.3 Å². The van der Waals surface area contributed by atoms with Crippen LogP contribution in [0.1, 0.15) is 39.2 Å². The molecule has 0 bridgehead atoms. The fraction of sp³-hybridized carbons (Fsp3) is 0.300. The number of nitrogens with zero attached hydrogens (tertiary/aromatic N) is 1. The predicted molar refractivity (Wildman–Crippen MR) is 151 cm³/mol. The number of dihydropyridines is 1. The monoisotopic (exact) mass is 548 g/mol. The minimum Gasteiger partial charge on any atom is -0.493 e. The van der Waals surface area contributed by atoms with Gasteiger partial charge in [0.1, 0.15) is 5.01 Å². The maximum atomic E-state index is 13.2. The normalized spacial score (nSPS) is 13.7. The van der Waals surface area contributed by atoms with E-state index < -0.39 is 17.9 Å². The van der Waals surface area contributed by atoms with Crippen molar-refractivity contribution >= 4 is 23.3 Å². The fourth-order valence-electron chi connectivity index (χ4n) is 4.73. The minimum absolute atomic E-state index is 0.211. The Balaban J connectivity index is 1.86. The molecule has 1 aliphatic heterocycles. The van der Waals surface area contributed by atoms with Gasteiger partial charge in [0.05, 0.1) is 50.2 Å². The maximum Gasteiger partial charge on any atom is 0.336 e. The SMILES string of the molecule is CCOC(=O)C1=C(C)NC(C)=C(C(=O)OCC)C1c1ccccc1-c1nc(-c2ccc(OC)c(OC)c2)cs1. The van der Waals surface area contributed by atoms with E-state index in [9.17, 15) is 9.59 Å². The molecule has 0 unspecified atom stereocenters. The van der Waals surface area contributed by atoms with Crippen molar-refractivity contribution in [1.29, 1.82) is 0 Å². The average molecular weight is 549 g/mol. The van der Waals surface area contributed by atoms with E-state index in [2.05, 4.69) is 5.32 Å². The first-order valence-electron chi connectivity index (χ1n) is 12.6. The average Bonchev–Trinajstić information content (AvgIpc) is 3.42. The van der Waals surface area contributed by atoms with Crippen LogP contribution in [-0.4, -0.2) is 44.4 Å². The highest BCUT2D eigenvalue weighted by Crippen LogP contribution is 2.44. The van der Waals surface area contributed by atoms with Crippen LogP contribution in [0.2, 0.25) is 0 Å². The number of ether oxygens (including phenoxy) is 4. The molecule has 0 aliphatic carbocycles. The van der Waals surface area contributed by atoms with Gasteiger partial charge in [-0.3, -0.25) is 0 Å². The second-order valence-corrected chi connectivity index (χ2v) is 9.63. The fourth-order valence-corrected chi connectivity index (χ4v) is 5.61. The Morgan fingerprint density at radius 2 is 1.51 bits per heavy atom. The number of aromatic nitrogens is 1. The highest BCUT2D eigenvalue weighted by atomic mass is 32.1. The van der Waals surface area contributed by atoms with Crippen LogP contribution < -0.4 is 14.8 Å². The zero-order valence-electron chi connectivity index (χ0n) is 22.9. The molecule has 0 atom stereocenters. The van der Waals surface area contributed by atoms with Crippen molar-refractivity contribution in [3.8, 4) is 33.3 Å². The maximum absolute atomic E-state index is 13.2. The van der Waals surface area contributed by atoms with E-state index in [-0.39, 0.29) is 13.2 Å². The van der Waals surface area contributed by atoms with Crippen LogP contribution in [0.25, 0.3) is 21.8 Å². The molecule has 8 nitrogen and oxygen atoms in total. The molecule has 0 amide bonds. The molecule has 2 heterocycles. The van der Waals surface area contributed by atoms with E-state index in [0.29, 0.717) is 34.0 Å². The number of rotatable bonds is 9. The third kappa shape index (κ3) is 5.54. The first kappa shape index (κ1) is 27.9. The molecule has 204 valence electrons. The number of esters is 2. The molecule has 1 aliphatic rings. The van der Waals surface area contributed by atoms with Gasteiger partial charge >= 0.3 is 11.9 Å². The van der Waals surface area contributed by atoms with E-state index in [1.165, 1.54) is 11.3 Å². The second-order valence-electron chi connectivity index (χ2n) is 8.77. The van der Waals surface area contributed by atoms with Crippen LogP contribution in [0, 0.1) is 0 Å². The highest BCUT2D eigenvalue weighted by molar-refractivity contribution is 7.13. The third-order valence-electron chi connectivity index (χ3n) is 6.44. The van der Waals surface area contributed by atoms with Crippen molar-refractivity contribution < 1.29 is 28.5 Å². The first-order chi connectivity index (χ1) is 18.8. The Bertz CT molecular complexity index is 1420. The summed E-state index contributed by atoms with van der Waals surface area (Å²) in [6.07, 6.45) is 0. The molecule has 9 heteroatoms. The Kier molecular flexibility index (Phi) is 8.71.